The molecule has 1 amide bonds. The van der Waals surface area contributed by atoms with Crippen molar-refractivity contribution in [2.75, 3.05) is 6.26 Å². The Morgan fingerprint density at radius 1 is 1.21 bits per heavy atom. The van der Waals surface area contributed by atoms with Crippen molar-refractivity contribution in [3.05, 3.63) is 33.8 Å². The van der Waals surface area contributed by atoms with Crippen LogP contribution >= 0.6 is 23.2 Å². The monoisotopic (exact) mass is 389 g/mol. The van der Waals surface area contributed by atoms with Crippen LogP contribution in [0.2, 0.25) is 10.0 Å². The van der Waals surface area contributed by atoms with E-state index in [1.165, 1.54) is 6.26 Å². The fourth-order valence-electron chi connectivity index (χ4n) is 3.98. The van der Waals surface area contributed by atoms with E-state index in [0.717, 1.165) is 18.4 Å². The summed E-state index contributed by atoms with van der Waals surface area (Å²) in [6.07, 6.45) is 5.22. The van der Waals surface area contributed by atoms with Crippen LogP contribution < -0.4 is 0 Å². The highest BCUT2D eigenvalue weighted by Gasteiger charge is 2.45. The predicted octanol–water partition coefficient (Wildman–Crippen LogP) is 3.49. The maximum atomic E-state index is 12.7. The van der Waals surface area contributed by atoms with Crippen LogP contribution in [0.25, 0.3) is 0 Å². The van der Waals surface area contributed by atoms with Crippen molar-refractivity contribution < 1.29 is 13.2 Å². The Kier molecular flexibility index (Phi) is 5.14. The standard InChI is InChI=1S/C17H21Cl2NO3S/c1-24(22,23)15-9-13-5-6-14(10-15)20(13)17(21)7-3-11-2-4-12(18)8-16(11)19/h2,4,8,13-15H,3,5-7,9-10H2,1H3. The Bertz CT molecular complexity index is 736. The minimum absolute atomic E-state index is 0.0664. The van der Waals surface area contributed by atoms with Crippen LogP contribution in [0.1, 0.15) is 37.7 Å². The molecule has 0 N–H and O–H groups in total. The molecular weight excluding hydrogens is 369 g/mol. The first-order valence-electron chi connectivity index (χ1n) is 8.19. The lowest BCUT2D eigenvalue weighted by molar-refractivity contribution is -0.135. The van der Waals surface area contributed by atoms with Gasteiger partial charge in [-0.05, 0) is 49.8 Å². The van der Waals surface area contributed by atoms with Gasteiger partial charge in [-0.25, -0.2) is 8.42 Å². The maximum absolute atomic E-state index is 12.7. The van der Waals surface area contributed by atoms with Crippen molar-refractivity contribution in [3.8, 4) is 0 Å². The van der Waals surface area contributed by atoms with Crippen LogP contribution in [0.5, 0.6) is 0 Å². The molecule has 3 rings (SSSR count). The molecule has 2 aliphatic heterocycles. The highest BCUT2D eigenvalue weighted by molar-refractivity contribution is 7.91. The number of benzene rings is 1. The van der Waals surface area contributed by atoms with E-state index < -0.39 is 9.84 Å². The number of rotatable bonds is 4. The summed E-state index contributed by atoms with van der Waals surface area (Å²) in [5, 5.41) is 0.856. The van der Waals surface area contributed by atoms with Gasteiger partial charge < -0.3 is 4.90 Å². The number of carbonyl (C=O) groups excluding carboxylic acids is 1. The number of amides is 1. The average Bonchev–Trinajstić information content (AvgIpc) is 2.75. The maximum Gasteiger partial charge on any atom is 0.223 e. The first kappa shape index (κ1) is 18.0. The SMILES string of the molecule is CS(=O)(=O)C1CC2CCC(C1)N2C(=O)CCc1ccc(Cl)cc1Cl. The molecule has 1 aromatic rings. The largest absolute Gasteiger partial charge is 0.337 e. The van der Waals surface area contributed by atoms with E-state index in [9.17, 15) is 13.2 Å². The quantitative estimate of drug-likeness (QED) is 0.791. The van der Waals surface area contributed by atoms with Gasteiger partial charge in [0.05, 0.1) is 5.25 Å². The third kappa shape index (κ3) is 3.73. The second kappa shape index (κ2) is 6.85. The number of nitrogens with zero attached hydrogens (tertiary/aromatic N) is 1. The molecule has 0 aliphatic carbocycles. The van der Waals surface area contributed by atoms with Gasteiger partial charge in [0.25, 0.3) is 0 Å². The van der Waals surface area contributed by atoms with Gasteiger partial charge in [0.1, 0.15) is 9.84 Å². The van der Waals surface area contributed by atoms with Gasteiger partial charge >= 0.3 is 0 Å². The normalized spacial score (nSPS) is 26.6. The summed E-state index contributed by atoms with van der Waals surface area (Å²) in [6.45, 7) is 0. The number of piperidine rings is 1. The summed E-state index contributed by atoms with van der Waals surface area (Å²) in [7, 11) is -3.03. The molecule has 132 valence electrons. The zero-order chi connectivity index (χ0) is 17.5. The van der Waals surface area contributed by atoms with Crippen molar-refractivity contribution in [1.29, 1.82) is 0 Å². The summed E-state index contributed by atoms with van der Waals surface area (Å²) >= 11 is 12.1. The molecule has 0 radical (unpaired) electrons. The van der Waals surface area contributed by atoms with E-state index in [-0.39, 0.29) is 23.2 Å². The molecule has 0 spiro atoms. The van der Waals surface area contributed by atoms with Crippen LogP contribution in [0, 0.1) is 0 Å². The van der Waals surface area contributed by atoms with E-state index in [2.05, 4.69) is 0 Å². The van der Waals surface area contributed by atoms with E-state index in [1.54, 1.807) is 12.1 Å². The highest BCUT2D eigenvalue weighted by Crippen LogP contribution is 2.38. The molecule has 0 saturated carbocycles. The molecule has 24 heavy (non-hydrogen) atoms. The van der Waals surface area contributed by atoms with E-state index in [0.29, 0.717) is 35.7 Å². The number of hydrogen-bond acceptors (Lipinski definition) is 3. The van der Waals surface area contributed by atoms with E-state index in [4.69, 9.17) is 23.2 Å². The van der Waals surface area contributed by atoms with Crippen molar-refractivity contribution in [3.63, 3.8) is 0 Å². The Balaban J connectivity index is 1.64. The number of hydrogen-bond donors (Lipinski definition) is 0. The summed E-state index contributed by atoms with van der Waals surface area (Å²) in [6, 6.07) is 5.44. The van der Waals surface area contributed by atoms with Crippen LogP contribution in [0.3, 0.4) is 0 Å². The van der Waals surface area contributed by atoms with Crippen LogP contribution in [-0.2, 0) is 21.1 Å². The molecule has 2 heterocycles. The van der Waals surface area contributed by atoms with Gasteiger partial charge in [-0.1, -0.05) is 29.3 Å². The number of sulfone groups is 1. The minimum atomic E-state index is -3.03. The predicted molar refractivity (Wildman–Crippen MR) is 96.3 cm³/mol. The molecule has 7 heteroatoms. The molecule has 2 unspecified atom stereocenters. The van der Waals surface area contributed by atoms with Crippen LogP contribution in [0.4, 0.5) is 0 Å². The molecule has 2 aliphatic rings. The molecule has 2 bridgehead atoms. The molecule has 2 atom stereocenters. The summed E-state index contributed by atoms with van der Waals surface area (Å²) < 4.78 is 23.7. The zero-order valence-corrected chi connectivity index (χ0v) is 15.9. The summed E-state index contributed by atoms with van der Waals surface area (Å²) in [4.78, 5) is 14.6. The topological polar surface area (TPSA) is 54.5 Å². The lowest BCUT2D eigenvalue weighted by Gasteiger charge is -2.38. The first-order chi connectivity index (χ1) is 11.3. The number of fused-ring (bicyclic) bond motifs is 2. The number of aryl methyl sites for hydroxylation is 1. The molecule has 4 nitrogen and oxygen atoms in total. The molecule has 0 aromatic heterocycles. The Morgan fingerprint density at radius 2 is 1.83 bits per heavy atom. The lowest BCUT2D eigenvalue weighted by atomic mass is 10.0. The molecule has 2 fully saturated rings. The third-order valence-corrected chi connectivity index (χ3v) is 7.39. The Morgan fingerprint density at radius 3 is 2.38 bits per heavy atom. The van der Waals surface area contributed by atoms with Crippen molar-refractivity contribution >= 4 is 38.9 Å². The fourth-order valence-corrected chi connectivity index (χ4v) is 5.63. The van der Waals surface area contributed by atoms with E-state index in [1.807, 2.05) is 11.0 Å². The average molecular weight is 390 g/mol. The zero-order valence-electron chi connectivity index (χ0n) is 13.5. The fraction of sp³-hybridized carbons (Fsp3) is 0.588. The smallest absolute Gasteiger partial charge is 0.223 e. The Hall–Kier alpha value is -0.780. The van der Waals surface area contributed by atoms with Crippen molar-refractivity contribution in [2.45, 2.75) is 55.9 Å². The first-order valence-corrected chi connectivity index (χ1v) is 10.9. The van der Waals surface area contributed by atoms with Gasteiger partial charge in [0.2, 0.25) is 5.91 Å². The van der Waals surface area contributed by atoms with E-state index >= 15 is 0 Å². The second-order valence-electron chi connectivity index (χ2n) is 6.84. The van der Waals surface area contributed by atoms with Gasteiger partial charge in [-0.15, -0.1) is 0 Å². The Labute approximate surface area is 153 Å². The van der Waals surface area contributed by atoms with Gasteiger partial charge in [-0.2, -0.15) is 0 Å². The second-order valence-corrected chi connectivity index (χ2v) is 10.0. The highest BCUT2D eigenvalue weighted by atomic mass is 35.5. The minimum Gasteiger partial charge on any atom is -0.337 e. The summed E-state index contributed by atoms with van der Waals surface area (Å²) in [5.74, 6) is 0.0977. The van der Waals surface area contributed by atoms with Crippen molar-refractivity contribution in [1.82, 2.24) is 4.90 Å². The summed E-state index contributed by atoms with van der Waals surface area (Å²) in [5.41, 5.74) is 0.910. The van der Waals surface area contributed by atoms with Gasteiger partial charge in [-0.3, -0.25) is 4.79 Å². The van der Waals surface area contributed by atoms with Crippen LogP contribution in [-0.4, -0.2) is 42.8 Å². The van der Waals surface area contributed by atoms with Crippen molar-refractivity contribution in [2.24, 2.45) is 0 Å². The lowest BCUT2D eigenvalue weighted by Crippen LogP contribution is -2.49. The number of halogens is 2. The molecule has 2 saturated heterocycles. The van der Waals surface area contributed by atoms with Gasteiger partial charge in [0, 0.05) is 34.8 Å². The molecule has 1 aromatic carbocycles. The number of carbonyl (C=O) groups is 1. The van der Waals surface area contributed by atoms with Gasteiger partial charge in [0.15, 0.2) is 0 Å². The molecular formula is C17H21Cl2NO3S. The third-order valence-electron chi connectivity index (χ3n) is 5.21. The van der Waals surface area contributed by atoms with Crippen LogP contribution in [0.15, 0.2) is 18.2 Å².